The van der Waals surface area contributed by atoms with E-state index < -0.39 is 12.1 Å². The third-order valence-electron chi connectivity index (χ3n) is 5.47. The number of nitrogens with zero attached hydrogens (tertiary/aromatic N) is 1. The number of ether oxygens (including phenoxy) is 1. The van der Waals surface area contributed by atoms with Crippen molar-refractivity contribution in [3.63, 3.8) is 0 Å². The Morgan fingerprint density at radius 3 is 2.55 bits per heavy atom. The van der Waals surface area contributed by atoms with Crippen molar-refractivity contribution in [2.24, 2.45) is 0 Å². The second-order valence-corrected chi connectivity index (χ2v) is 7.39. The van der Waals surface area contributed by atoms with Crippen LogP contribution in [-0.2, 0) is 16.0 Å². The maximum atomic E-state index is 12.9. The summed E-state index contributed by atoms with van der Waals surface area (Å²) in [4.78, 5) is 39.6. The Labute approximate surface area is 169 Å². The third kappa shape index (κ3) is 3.94. The van der Waals surface area contributed by atoms with Crippen molar-refractivity contribution in [2.45, 2.75) is 31.0 Å². The van der Waals surface area contributed by atoms with Gasteiger partial charge in [0.1, 0.15) is 17.8 Å². The molecule has 3 amide bonds. The van der Waals surface area contributed by atoms with Gasteiger partial charge in [0, 0.05) is 24.6 Å². The summed E-state index contributed by atoms with van der Waals surface area (Å²) < 4.78 is 5.10. The van der Waals surface area contributed by atoms with Crippen LogP contribution in [0.25, 0.3) is 0 Å². The molecule has 0 bridgehead atoms. The fourth-order valence-electron chi connectivity index (χ4n) is 3.96. The van der Waals surface area contributed by atoms with Crippen molar-refractivity contribution in [2.75, 3.05) is 13.7 Å². The molecule has 7 nitrogen and oxygen atoms in total. The number of benzene rings is 2. The first-order valence-electron chi connectivity index (χ1n) is 9.65. The fourth-order valence-corrected chi connectivity index (χ4v) is 3.96. The Bertz CT molecular complexity index is 913. The van der Waals surface area contributed by atoms with Crippen LogP contribution in [0.2, 0.25) is 0 Å². The number of hydrogen-bond donors (Lipinski definition) is 2. The van der Waals surface area contributed by atoms with Crippen molar-refractivity contribution in [1.29, 1.82) is 0 Å². The van der Waals surface area contributed by atoms with E-state index in [2.05, 4.69) is 10.6 Å². The van der Waals surface area contributed by atoms with Gasteiger partial charge in [-0.15, -0.1) is 0 Å². The second kappa shape index (κ2) is 7.95. The highest BCUT2D eigenvalue weighted by Crippen LogP contribution is 2.24. The number of carbonyl (C=O) groups excluding carboxylic acids is 3. The third-order valence-corrected chi connectivity index (χ3v) is 5.47. The summed E-state index contributed by atoms with van der Waals surface area (Å²) in [6, 6.07) is 15.1. The van der Waals surface area contributed by atoms with E-state index in [1.54, 1.807) is 36.3 Å². The molecule has 7 heteroatoms. The van der Waals surface area contributed by atoms with E-state index in [1.165, 1.54) is 0 Å². The quantitative estimate of drug-likeness (QED) is 0.797. The zero-order valence-electron chi connectivity index (χ0n) is 16.1. The van der Waals surface area contributed by atoms with Crippen LogP contribution in [0.15, 0.2) is 54.6 Å². The molecular formula is C22H23N3O4. The number of rotatable bonds is 5. The summed E-state index contributed by atoms with van der Waals surface area (Å²) in [5.74, 6) is 0.184. The number of hydrogen-bond acceptors (Lipinski definition) is 4. The summed E-state index contributed by atoms with van der Waals surface area (Å²) in [6.45, 7) is 0.337. The van der Waals surface area contributed by atoms with Crippen molar-refractivity contribution >= 4 is 17.7 Å². The standard InChI is InChI=1S/C22H23N3O4/c1-29-17-9-7-15(8-10-17)20(26)23-16-12-19-21(27)24-18(22(28)25(19)13-16)11-14-5-3-2-4-6-14/h2-10,16,18-19H,11-13H2,1H3,(H,23,26)(H,24,27)/t16-,18+,19-/m0/s1. The smallest absolute Gasteiger partial charge is 0.251 e. The van der Waals surface area contributed by atoms with Gasteiger partial charge < -0.3 is 20.3 Å². The van der Waals surface area contributed by atoms with Gasteiger partial charge >= 0.3 is 0 Å². The number of nitrogens with one attached hydrogen (secondary N) is 2. The fraction of sp³-hybridized carbons (Fsp3) is 0.318. The first-order valence-corrected chi connectivity index (χ1v) is 9.65. The molecular weight excluding hydrogens is 370 g/mol. The molecule has 150 valence electrons. The molecule has 0 radical (unpaired) electrons. The molecule has 2 aromatic carbocycles. The minimum Gasteiger partial charge on any atom is -0.497 e. The van der Waals surface area contributed by atoms with E-state index in [0.29, 0.717) is 30.7 Å². The van der Waals surface area contributed by atoms with Crippen molar-refractivity contribution in [3.8, 4) is 5.75 Å². The summed E-state index contributed by atoms with van der Waals surface area (Å²) >= 11 is 0. The molecule has 0 aromatic heterocycles. The first kappa shape index (κ1) is 19.0. The van der Waals surface area contributed by atoms with Crippen molar-refractivity contribution in [3.05, 3.63) is 65.7 Å². The topological polar surface area (TPSA) is 87.7 Å². The van der Waals surface area contributed by atoms with E-state index in [9.17, 15) is 14.4 Å². The Kier molecular flexibility index (Phi) is 5.20. The number of methoxy groups -OCH3 is 1. The number of piperazine rings is 1. The van der Waals surface area contributed by atoms with Gasteiger partial charge in [-0.3, -0.25) is 14.4 Å². The molecule has 2 fully saturated rings. The number of amides is 3. The Balaban J connectivity index is 1.41. The van der Waals surface area contributed by atoms with Crippen LogP contribution in [0, 0.1) is 0 Å². The normalized spacial score (nSPS) is 23.3. The second-order valence-electron chi connectivity index (χ2n) is 7.39. The van der Waals surface area contributed by atoms with E-state index in [1.807, 2.05) is 30.3 Å². The van der Waals surface area contributed by atoms with Gasteiger partial charge in [0.05, 0.1) is 7.11 Å². The van der Waals surface area contributed by atoms with E-state index in [0.717, 1.165) is 5.56 Å². The summed E-state index contributed by atoms with van der Waals surface area (Å²) in [5, 5.41) is 5.79. The highest BCUT2D eigenvalue weighted by Gasteiger charge is 2.46. The molecule has 2 aromatic rings. The maximum absolute atomic E-state index is 12.9. The predicted molar refractivity (Wildman–Crippen MR) is 106 cm³/mol. The molecule has 4 rings (SSSR count). The number of carbonyl (C=O) groups is 3. The number of fused-ring (bicyclic) bond motifs is 1. The molecule has 2 saturated heterocycles. The van der Waals surface area contributed by atoms with E-state index >= 15 is 0 Å². The van der Waals surface area contributed by atoms with Crippen LogP contribution in [-0.4, -0.2) is 54.4 Å². The predicted octanol–water partition coefficient (Wildman–Crippen LogP) is 1.14. The van der Waals surface area contributed by atoms with E-state index in [4.69, 9.17) is 4.74 Å². The van der Waals surface area contributed by atoms with Gasteiger partial charge in [-0.25, -0.2) is 0 Å². The lowest BCUT2D eigenvalue weighted by Gasteiger charge is -2.34. The molecule has 0 spiro atoms. The molecule has 2 N–H and O–H groups in total. The Morgan fingerprint density at radius 1 is 1.14 bits per heavy atom. The lowest BCUT2D eigenvalue weighted by molar-refractivity contribution is -0.147. The highest BCUT2D eigenvalue weighted by molar-refractivity contribution is 5.98. The van der Waals surface area contributed by atoms with Crippen LogP contribution in [0.3, 0.4) is 0 Å². The van der Waals surface area contributed by atoms with Crippen LogP contribution >= 0.6 is 0 Å². The average Bonchev–Trinajstić information content (AvgIpc) is 3.17. The molecule has 2 aliphatic heterocycles. The zero-order chi connectivity index (χ0) is 20.4. The molecule has 0 saturated carbocycles. The molecule has 3 atom stereocenters. The average molecular weight is 393 g/mol. The van der Waals surface area contributed by atoms with E-state index in [-0.39, 0.29) is 23.8 Å². The van der Waals surface area contributed by atoms with Gasteiger partial charge in [-0.2, -0.15) is 0 Å². The molecule has 0 unspecified atom stereocenters. The monoisotopic (exact) mass is 393 g/mol. The summed E-state index contributed by atoms with van der Waals surface area (Å²) in [5.41, 5.74) is 1.50. The van der Waals surface area contributed by atoms with Gasteiger partial charge in [0.25, 0.3) is 5.91 Å². The molecule has 29 heavy (non-hydrogen) atoms. The molecule has 2 heterocycles. The van der Waals surface area contributed by atoms with Crippen LogP contribution in [0.4, 0.5) is 0 Å². The summed E-state index contributed by atoms with van der Waals surface area (Å²) in [7, 11) is 1.57. The summed E-state index contributed by atoms with van der Waals surface area (Å²) in [6.07, 6.45) is 0.870. The minimum atomic E-state index is -0.572. The minimum absolute atomic E-state index is 0.0975. The zero-order valence-corrected chi connectivity index (χ0v) is 16.1. The van der Waals surface area contributed by atoms with Gasteiger partial charge in [0.2, 0.25) is 11.8 Å². The van der Waals surface area contributed by atoms with Crippen LogP contribution in [0.5, 0.6) is 5.75 Å². The van der Waals surface area contributed by atoms with Gasteiger partial charge in [-0.05, 0) is 36.2 Å². The van der Waals surface area contributed by atoms with Crippen LogP contribution in [0.1, 0.15) is 22.3 Å². The Hall–Kier alpha value is -3.35. The molecule has 0 aliphatic carbocycles. The highest BCUT2D eigenvalue weighted by atomic mass is 16.5. The lowest BCUT2D eigenvalue weighted by Crippen LogP contribution is -2.61. The van der Waals surface area contributed by atoms with Crippen LogP contribution < -0.4 is 15.4 Å². The van der Waals surface area contributed by atoms with Gasteiger partial charge in [0.15, 0.2) is 0 Å². The van der Waals surface area contributed by atoms with Crippen molar-refractivity contribution in [1.82, 2.24) is 15.5 Å². The van der Waals surface area contributed by atoms with Crippen molar-refractivity contribution < 1.29 is 19.1 Å². The largest absolute Gasteiger partial charge is 0.497 e. The maximum Gasteiger partial charge on any atom is 0.251 e. The van der Waals surface area contributed by atoms with Gasteiger partial charge in [-0.1, -0.05) is 30.3 Å². The first-order chi connectivity index (χ1) is 14.0. The Morgan fingerprint density at radius 2 is 1.86 bits per heavy atom. The SMILES string of the molecule is COc1ccc(C(=O)N[C@H]2C[C@H]3C(=O)N[C@H](Cc4ccccc4)C(=O)N3C2)cc1. The lowest BCUT2D eigenvalue weighted by atomic mass is 10.0. The molecule has 2 aliphatic rings.